The summed E-state index contributed by atoms with van der Waals surface area (Å²) in [7, 11) is 1.58. The molecular formula is C23H29NO5. The molecule has 156 valence electrons. The van der Waals surface area contributed by atoms with Gasteiger partial charge in [0.15, 0.2) is 0 Å². The predicted octanol–water partition coefficient (Wildman–Crippen LogP) is 3.11. The number of likely N-dealkylation sites (tertiary alicyclic amines) is 1. The Balaban J connectivity index is 1.59. The molecule has 1 N–H and O–H groups in total. The largest absolute Gasteiger partial charge is 0.496 e. The molecule has 1 saturated heterocycles. The second kappa shape index (κ2) is 7.48. The molecule has 6 heteroatoms. The molecule has 0 spiro atoms. The monoisotopic (exact) mass is 399 g/mol. The first-order chi connectivity index (χ1) is 13.8. The molecule has 2 aromatic rings. The van der Waals surface area contributed by atoms with Crippen molar-refractivity contribution in [3.05, 3.63) is 39.2 Å². The van der Waals surface area contributed by atoms with E-state index in [9.17, 15) is 14.7 Å². The molecule has 0 unspecified atom stereocenters. The number of ether oxygens (including phenoxy) is 1. The van der Waals surface area contributed by atoms with Crippen LogP contribution in [-0.2, 0) is 11.2 Å². The van der Waals surface area contributed by atoms with Crippen LogP contribution in [0.3, 0.4) is 0 Å². The predicted molar refractivity (Wildman–Crippen MR) is 110 cm³/mol. The zero-order chi connectivity index (χ0) is 20.8. The number of hydrogen-bond donors (Lipinski definition) is 1. The van der Waals surface area contributed by atoms with E-state index in [1.807, 2.05) is 30.9 Å². The first-order valence-electron chi connectivity index (χ1n) is 10.4. The van der Waals surface area contributed by atoms with Crippen molar-refractivity contribution in [2.24, 2.45) is 5.92 Å². The molecule has 0 bridgehead atoms. The van der Waals surface area contributed by atoms with Crippen molar-refractivity contribution in [2.75, 3.05) is 20.2 Å². The number of aliphatic hydroxyl groups is 1. The van der Waals surface area contributed by atoms with Crippen LogP contribution < -0.4 is 10.4 Å². The van der Waals surface area contributed by atoms with Crippen molar-refractivity contribution in [1.29, 1.82) is 0 Å². The third kappa shape index (κ3) is 3.44. The molecule has 29 heavy (non-hydrogen) atoms. The van der Waals surface area contributed by atoms with Crippen LogP contribution in [0, 0.1) is 19.8 Å². The molecule has 2 aliphatic rings. The third-order valence-corrected chi connectivity index (χ3v) is 6.98. The average Bonchev–Trinajstić information content (AvgIpc) is 2.71. The number of methoxy groups -OCH3 is 1. The topological polar surface area (TPSA) is 80.0 Å². The standard InChI is InChI=1S/C23H29NO5/c1-14-17-7-8-19(28-3)15(2)21(17)29-22(26)18(14)12-20(25)24-11-10-23(27)9-5-4-6-16(23)13-24/h7-8,16,27H,4-6,9-13H2,1-3H3/t16-,23-/m0/s1. The Kier molecular flexibility index (Phi) is 5.15. The summed E-state index contributed by atoms with van der Waals surface area (Å²) in [5, 5.41) is 11.7. The Labute approximate surface area is 170 Å². The van der Waals surface area contributed by atoms with Gasteiger partial charge in [0.25, 0.3) is 0 Å². The molecule has 1 aromatic heterocycles. The van der Waals surface area contributed by atoms with E-state index >= 15 is 0 Å². The fourth-order valence-electron chi connectivity index (χ4n) is 5.06. The Morgan fingerprint density at radius 3 is 2.83 bits per heavy atom. The summed E-state index contributed by atoms with van der Waals surface area (Å²) < 4.78 is 10.9. The molecule has 4 rings (SSSR count). The summed E-state index contributed by atoms with van der Waals surface area (Å²) >= 11 is 0. The second-order valence-electron chi connectivity index (χ2n) is 8.58. The van der Waals surface area contributed by atoms with E-state index in [4.69, 9.17) is 9.15 Å². The summed E-state index contributed by atoms with van der Waals surface area (Å²) in [5.74, 6) is 0.730. The Bertz CT molecular complexity index is 1010. The van der Waals surface area contributed by atoms with Crippen molar-refractivity contribution in [1.82, 2.24) is 4.90 Å². The summed E-state index contributed by atoms with van der Waals surface area (Å²) in [4.78, 5) is 27.5. The van der Waals surface area contributed by atoms with Gasteiger partial charge in [-0.3, -0.25) is 4.79 Å². The maximum atomic E-state index is 13.0. The highest BCUT2D eigenvalue weighted by atomic mass is 16.5. The zero-order valence-corrected chi connectivity index (χ0v) is 17.4. The SMILES string of the molecule is COc1ccc2c(C)c(CC(=O)N3CC[C@@]4(O)CCCC[C@H]4C3)c(=O)oc2c1C. The zero-order valence-electron chi connectivity index (χ0n) is 17.4. The van der Waals surface area contributed by atoms with Gasteiger partial charge in [-0.2, -0.15) is 0 Å². The van der Waals surface area contributed by atoms with Crippen molar-refractivity contribution < 1.29 is 19.1 Å². The minimum atomic E-state index is -0.622. The number of aryl methyl sites for hydroxylation is 2. The van der Waals surface area contributed by atoms with Crippen LogP contribution in [0.25, 0.3) is 11.0 Å². The van der Waals surface area contributed by atoms with Gasteiger partial charge in [-0.15, -0.1) is 0 Å². The highest BCUT2D eigenvalue weighted by molar-refractivity contribution is 5.87. The van der Waals surface area contributed by atoms with Crippen LogP contribution in [0.4, 0.5) is 0 Å². The van der Waals surface area contributed by atoms with Gasteiger partial charge in [0.05, 0.1) is 24.7 Å². The van der Waals surface area contributed by atoms with Gasteiger partial charge in [-0.1, -0.05) is 12.8 Å². The molecule has 1 aliphatic heterocycles. The molecule has 1 aromatic carbocycles. The maximum Gasteiger partial charge on any atom is 0.340 e. The molecule has 0 radical (unpaired) electrons. The highest BCUT2D eigenvalue weighted by Crippen LogP contribution is 2.40. The first-order valence-corrected chi connectivity index (χ1v) is 10.4. The number of hydrogen-bond acceptors (Lipinski definition) is 5. The Morgan fingerprint density at radius 2 is 2.07 bits per heavy atom. The number of benzene rings is 1. The molecule has 6 nitrogen and oxygen atoms in total. The van der Waals surface area contributed by atoms with E-state index in [0.29, 0.717) is 36.4 Å². The smallest absolute Gasteiger partial charge is 0.340 e. The first kappa shape index (κ1) is 20.0. The summed E-state index contributed by atoms with van der Waals surface area (Å²) in [6.07, 6.45) is 4.59. The van der Waals surface area contributed by atoms with Crippen LogP contribution in [-0.4, -0.2) is 41.7 Å². The van der Waals surface area contributed by atoms with Crippen LogP contribution in [0.15, 0.2) is 21.3 Å². The minimum absolute atomic E-state index is 0.0281. The fraction of sp³-hybridized carbons (Fsp3) is 0.565. The van der Waals surface area contributed by atoms with Crippen LogP contribution in [0.1, 0.15) is 48.8 Å². The van der Waals surface area contributed by atoms with E-state index in [2.05, 4.69) is 0 Å². The van der Waals surface area contributed by atoms with Crippen LogP contribution in [0.5, 0.6) is 5.75 Å². The summed E-state index contributed by atoms with van der Waals surface area (Å²) in [5.41, 5.74) is 1.39. The molecule has 2 heterocycles. The molecule has 1 amide bonds. The summed E-state index contributed by atoms with van der Waals surface area (Å²) in [6.45, 7) is 4.83. The lowest BCUT2D eigenvalue weighted by Crippen LogP contribution is -2.55. The molecule has 1 aliphatic carbocycles. The van der Waals surface area contributed by atoms with Crippen molar-refractivity contribution >= 4 is 16.9 Å². The lowest BCUT2D eigenvalue weighted by molar-refractivity contribution is -0.142. The number of piperidine rings is 1. The number of amides is 1. The number of carbonyl (C=O) groups excluding carboxylic acids is 1. The number of nitrogens with zero attached hydrogens (tertiary/aromatic N) is 1. The lowest BCUT2D eigenvalue weighted by atomic mass is 9.71. The van der Waals surface area contributed by atoms with Gasteiger partial charge in [0, 0.05) is 30.0 Å². The Hall–Kier alpha value is -2.34. The average molecular weight is 399 g/mol. The molecule has 2 fully saturated rings. The normalized spacial score (nSPS) is 24.4. The molecule has 1 saturated carbocycles. The van der Waals surface area contributed by atoms with Crippen LogP contribution in [0.2, 0.25) is 0 Å². The lowest BCUT2D eigenvalue weighted by Gasteiger charge is -2.47. The quantitative estimate of drug-likeness (QED) is 0.802. The maximum absolute atomic E-state index is 13.0. The van der Waals surface area contributed by atoms with E-state index in [1.165, 1.54) is 0 Å². The van der Waals surface area contributed by atoms with Crippen molar-refractivity contribution in [3.63, 3.8) is 0 Å². The van der Waals surface area contributed by atoms with Crippen molar-refractivity contribution in [2.45, 2.75) is 58.0 Å². The van der Waals surface area contributed by atoms with E-state index < -0.39 is 11.2 Å². The summed E-state index contributed by atoms with van der Waals surface area (Å²) in [6, 6.07) is 3.72. The van der Waals surface area contributed by atoms with E-state index in [1.54, 1.807) is 7.11 Å². The van der Waals surface area contributed by atoms with Crippen molar-refractivity contribution in [3.8, 4) is 5.75 Å². The number of fused-ring (bicyclic) bond motifs is 2. The number of rotatable bonds is 3. The van der Waals surface area contributed by atoms with Gasteiger partial charge >= 0.3 is 5.63 Å². The third-order valence-electron chi connectivity index (χ3n) is 6.98. The molecular weight excluding hydrogens is 370 g/mol. The van der Waals surface area contributed by atoms with E-state index in [-0.39, 0.29) is 18.2 Å². The Morgan fingerprint density at radius 1 is 1.28 bits per heavy atom. The van der Waals surface area contributed by atoms with Gasteiger partial charge in [0.2, 0.25) is 5.91 Å². The number of carbonyl (C=O) groups is 1. The minimum Gasteiger partial charge on any atom is -0.496 e. The van der Waals surface area contributed by atoms with Gasteiger partial charge in [-0.05, 0) is 50.8 Å². The van der Waals surface area contributed by atoms with Gasteiger partial charge in [0.1, 0.15) is 11.3 Å². The fourth-order valence-corrected chi connectivity index (χ4v) is 5.06. The van der Waals surface area contributed by atoms with E-state index in [0.717, 1.165) is 42.2 Å². The second-order valence-corrected chi connectivity index (χ2v) is 8.58. The van der Waals surface area contributed by atoms with Gasteiger partial charge < -0.3 is 19.2 Å². The molecule has 2 atom stereocenters. The highest BCUT2D eigenvalue weighted by Gasteiger charge is 2.43. The van der Waals surface area contributed by atoms with Crippen LogP contribution >= 0.6 is 0 Å². The van der Waals surface area contributed by atoms with Gasteiger partial charge in [-0.25, -0.2) is 4.79 Å².